The summed E-state index contributed by atoms with van der Waals surface area (Å²) in [6.07, 6.45) is 0.717. The van der Waals surface area contributed by atoms with Gasteiger partial charge >= 0.3 is 0 Å². The number of nitrogens with one attached hydrogen (secondary N) is 2. The Labute approximate surface area is 152 Å². The van der Waals surface area contributed by atoms with E-state index in [1.165, 1.54) is 0 Å². The molecule has 0 atom stereocenters. The van der Waals surface area contributed by atoms with Gasteiger partial charge in [-0.3, -0.25) is 14.5 Å². The lowest BCUT2D eigenvalue weighted by Crippen LogP contribution is -2.41. The number of pyridine rings is 1. The molecule has 0 spiro atoms. The molecule has 7 heteroatoms. The second kappa shape index (κ2) is 8.82. The molecule has 0 radical (unpaired) electrons. The zero-order valence-electron chi connectivity index (χ0n) is 15.0. The molecule has 2 N–H and O–H groups in total. The first-order chi connectivity index (χ1) is 12.7. The first kappa shape index (κ1) is 18.4. The molecule has 1 aliphatic rings. The summed E-state index contributed by atoms with van der Waals surface area (Å²) in [6, 6.07) is 7.38. The van der Waals surface area contributed by atoms with Crippen LogP contribution in [0.15, 0.2) is 29.1 Å². The van der Waals surface area contributed by atoms with Crippen molar-refractivity contribution in [3.8, 4) is 5.75 Å². The van der Waals surface area contributed by atoms with E-state index in [-0.39, 0.29) is 11.5 Å². The number of fused-ring (bicyclic) bond motifs is 1. The molecule has 1 amide bonds. The van der Waals surface area contributed by atoms with Crippen LogP contribution in [0.1, 0.15) is 12.0 Å². The van der Waals surface area contributed by atoms with E-state index in [9.17, 15) is 9.59 Å². The van der Waals surface area contributed by atoms with Crippen molar-refractivity contribution >= 4 is 16.8 Å². The van der Waals surface area contributed by atoms with Crippen molar-refractivity contribution in [3.63, 3.8) is 0 Å². The van der Waals surface area contributed by atoms with Crippen molar-refractivity contribution < 1.29 is 14.3 Å². The van der Waals surface area contributed by atoms with E-state index in [4.69, 9.17) is 9.47 Å². The number of aromatic nitrogens is 1. The number of morpholine rings is 1. The predicted octanol–water partition coefficient (Wildman–Crippen LogP) is 0.918. The van der Waals surface area contributed by atoms with Crippen molar-refractivity contribution in [2.45, 2.75) is 12.8 Å². The first-order valence-electron chi connectivity index (χ1n) is 8.92. The highest BCUT2D eigenvalue weighted by Crippen LogP contribution is 2.18. The highest BCUT2D eigenvalue weighted by Gasteiger charge is 2.11. The van der Waals surface area contributed by atoms with Gasteiger partial charge in [0.1, 0.15) is 5.75 Å². The minimum atomic E-state index is -0.160. The van der Waals surface area contributed by atoms with Crippen LogP contribution in [0.3, 0.4) is 0 Å². The molecule has 1 fully saturated rings. The maximum atomic E-state index is 12.2. The average molecular weight is 359 g/mol. The summed E-state index contributed by atoms with van der Waals surface area (Å²) in [4.78, 5) is 29.4. The summed E-state index contributed by atoms with van der Waals surface area (Å²) < 4.78 is 10.5. The second-order valence-electron chi connectivity index (χ2n) is 6.38. The Hall–Kier alpha value is -2.38. The fourth-order valence-corrected chi connectivity index (χ4v) is 3.05. The molecule has 0 saturated carbocycles. The van der Waals surface area contributed by atoms with Gasteiger partial charge in [-0.25, -0.2) is 0 Å². The van der Waals surface area contributed by atoms with Gasteiger partial charge in [-0.05, 0) is 30.0 Å². The molecular weight excluding hydrogens is 334 g/mol. The molecule has 2 heterocycles. The number of carbonyl (C=O) groups excluding carboxylic acids is 1. The Morgan fingerprint density at radius 2 is 2.12 bits per heavy atom. The Morgan fingerprint density at radius 1 is 1.31 bits per heavy atom. The Bertz CT molecular complexity index is 812. The maximum absolute atomic E-state index is 12.2. The minimum Gasteiger partial charge on any atom is -0.497 e. The lowest BCUT2D eigenvalue weighted by molar-refractivity contribution is -0.121. The quantitative estimate of drug-likeness (QED) is 0.768. The number of rotatable bonds is 7. The number of carbonyl (C=O) groups is 1. The van der Waals surface area contributed by atoms with Crippen LogP contribution in [-0.4, -0.2) is 62.3 Å². The third-order valence-electron chi connectivity index (χ3n) is 4.61. The molecule has 26 heavy (non-hydrogen) atoms. The fourth-order valence-electron chi connectivity index (χ4n) is 3.05. The van der Waals surface area contributed by atoms with Crippen molar-refractivity contribution in [3.05, 3.63) is 40.2 Å². The zero-order valence-corrected chi connectivity index (χ0v) is 15.0. The van der Waals surface area contributed by atoms with Crippen LogP contribution < -0.4 is 15.6 Å². The number of hydrogen-bond donors (Lipinski definition) is 2. The first-order valence-corrected chi connectivity index (χ1v) is 8.92. The minimum absolute atomic E-state index is 0.0347. The lowest BCUT2D eigenvalue weighted by Gasteiger charge is -2.26. The molecule has 1 saturated heterocycles. The summed E-state index contributed by atoms with van der Waals surface area (Å²) in [5.41, 5.74) is 1.19. The van der Waals surface area contributed by atoms with Crippen LogP contribution in [-0.2, 0) is 16.0 Å². The molecular formula is C19H25N3O4. The monoisotopic (exact) mass is 359 g/mol. The van der Waals surface area contributed by atoms with Gasteiger partial charge in [0.2, 0.25) is 5.91 Å². The van der Waals surface area contributed by atoms with Crippen LogP contribution >= 0.6 is 0 Å². The standard InChI is InChI=1S/C19H25N3O4/c1-25-16-4-2-14-12-15(19(24)21-17(14)13-16)3-5-18(23)20-6-7-22-8-10-26-11-9-22/h2,4,12-13H,3,5-11H2,1H3,(H,20,23)(H,21,24). The number of methoxy groups -OCH3 is 1. The third-order valence-corrected chi connectivity index (χ3v) is 4.61. The fraction of sp³-hybridized carbons (Fsp3) is 0.474. The number of aryl methyl sites for hydroxylation is 1. The van der Waals surface area contributed by atoms with Gasteiger partial charge in [0, 0.05) is 44.2 Å². The molecule has 3 rings (SSSR count). The predicted molar refractivity (Wildman–Crippen MR) is 99.7 cm³/mol. The molecule has 0 bridgehead atoms. The molecule has 2 aromatic rings. The molecule has 0 aliphatic carbocycles. The van der Waals surface area contributed by atoms with E-state index < -0.39 is 0 Å². The number of H-pyrrole nitrogens is 1. The van der Waals surface area contributed by atoms with Gasteiger partial charge in [0.15, 0.2) is 0 Å². The Balaban J connectivity index is 1.51. The Morgan fingerprint density at radius 3 is 2.88 bits per heavy atom. The number of amides is 1. The normalized spacial score (nSPS) is 15.1. The lowest BCUT2D eigenvalue weighted by atomic mass is 10.1. The maximum Gasteiger partial charge on any atom is 0.251 e. The van der Waals surface area contributed by atoms with Gasteiger partial charge in [0.25, 0.3) is 5.56 Å². The van der Waals surface area contributed by atoms with E-state index in [1.807, 2.05) is 18.2 Å². The molecule has 1 aromatic heterocycles. The number of hydrogen-bond acceptors (Lipinski definition) is 5. The van der Waals surface area contributed by atoms with Crippen molar-refractivity contribution in [1.29, 1.82) is 0 Å². The van der Waals surface area contributed by atoms with Gasteiger partial charge in [-0.2, -0.15) is 0 Å². The molecule has 0 unspecified atom stereocenters. The second-order valence-corrected chi connectivity index (χ2v) is 6.38. The summed E-state index contributed by atoms with van der Waals surface area (Å²) in [5.74, 6) is 0.660. The molecule has 140 valence electrons. The summed E-state index contributed by atoms with van der Waals surface area (Å²) in [6.45, 7) is 4.77. The number of ether oxygens (including phenoxy) is 2. The van der Waals surface area contributed by atoms with Crippen molar-refractivity contribution in [2.24, 2.45) is 0 Å². The average Bonchev–Trinajstić information content (AvgIpc) is 2.66. The topological polar surface area (TPSA) is 83.7 Å². The van der Waals surface area contributed by atoms with E-state index in [2.05, 4.69) is 15.2 Å². The highest BCUT2D eigenvalue weighted by molar-refractivity contribution is 5.81. The van der Waals surface area contributed by atoms with E-state index in [0.717, 1.165) is 43.8 Å². The van der Waals surface area contributed by atoms with Crippen LogP contribution in [0.25, 0.3) is 10.9 Å². The largest absolute Gasteiger partial charge is 0.497 e. The van der Waals surface area contributed by atoms with E-state index in [0.29, 0.717) is 30.7 Å². The van der Waals surface area contributed by atoms with Crippen LogP contribution in [0, 0.1) is 0 Å². The molecule has 7 nitrogen and oxygen atoms in total. The number of benzene rings is 1. The third kappa shape index (κ3) is 4.83. The van der Waals surface area contributed by atoms with Crippen molar-refractivity contribution in [1.82, 2.24) is 15.2 Å². The van der Waals surface area contributed by atoms with E-state index >= 15 is 0 Å². The zero-order chi connectivity index (χ0) is 18.4. The number of nitrogens with zero attached hydrogens (tertiary/aromatic N) is 1. The summed E-state index contributed by atoms with van der Waals surface area (Å²) >= 11 is 0. The SMILES string of the molecule is COc1ccc2cc(CCC(=O)NCCN3CCOCC3)c(=O)[nH]c2c1. The van der Waals surface area contributed by atoms with Crippen molar-refractivity contribution in [2.75, 3.05) is 46.5 Å². The summed E-state index contributed by atoms with van der Waals surface area (Å²) in [7, 11) is 1.59. The molecule has 1 aliphatic heterocycles. The number of aromatic amines is 1. The molecule has 1 aromatic carbocycles. The van der Waals surface area contributed by atoms with Crippen LogP contribution in [0.5, 0.6) is 5.75 Å². The van der Waals surface area contributed by atoms with Gasteiger partial charge in [-0.15, -0.1) is 0 Å². The van der Waals surface area contributed by atoms with Crippen LogP contribution in [0.2, 0.25) is 0 Å². The Kier molecular flexibility index (Phi) is 6.25. The highest BCUT2D eigenvalue weighted by atomic mass is 16.5. The van der Waals surface area contributed by atoms with Gasteiger partial charge in [-0.1, -0.05) is 0 Å². The van der Waals surface area contributed by atoms with E-state index in [1.54, 1.807) is 13.2 Å². The van der Waals surface area contributed by atoms with Gasteiger partial charge < -0.3 is 19.8 Å². The van der Waals surface area contributed by atoms with Gasteiger partial charge in [0.05, 0.1) is 25.8 Å². The smallest absolute Gasteiger partial charge is 0.251 e. The van der Waals surface area contributed by atoms with Crippen LogP contribution in [0.4, 0.5) is 0 Å². The summed E-state index contributed by atoms with van der Waals surface area (Å²) in [5, 5.41) is 3.85.